The van der Waals surface area contributed by atoms with Gasteiger partial charge in [-0.25, -0.2) is 0 Å². The Labute approximate surface area is 189 Å². The van der Waals surface area contributed by atoms with Crippen molar-refractivity contribution in [1.29, 1.82) is 0 Å². The van der Waals surface area contributed by atoms with Crippen LogP contribution in [0, 0.1) is 10.1 Å². The van der Waals surface area contributed by atoms with Crippen LogP contribution in [0.5, 0.6) is 0 Å². The fourth-order valence-electron chi connectivity index (χ4n) is 3.80. The van der Waals surface area contributed by atoms with Crippen LogP contribution >= 0.6 is 11.6 Å². The number of nitro groups is 1. The molecule has 6 nitrogen and oxygen atoms in total. The van der Waals surface area contributed by atoms with Crippen molar-refractivity contribution in [3.05, 3.63) is 116 Å². The third kappa shape index (κ3) is 4.31. The van der Waals surface area contributed by atoms with Crippen LogP contribution in [-0.2, 0) is 11.3 Å². The summed E-state index contributed by atoms with van der Waals surface area (Å²) in [5.74, 6) is -0.325. The van der Waals surface area contributed by atoms with Gasteiger partial charge >= 0.3 is 0 Å². The maximum absolute atomic E-state index is 13.5. The predicted molar refractivity (Wildman–Crippen MR) is 122 cm³/mol. The number of hydrogen-bond acceptors (Lipinski definition) is 4. The number of allylic oxidation sites excluding steroid dienone is 1. The summed E-state index contributed by atoms with van der Waals surface area (Å²) in [6, 6.07) is 22.2. The zero-order valence-corrected chi connectivity index (χ0v) is 17.8. The molecule has 32 heavy (non-hydrogen) atoms. The third-order valence-corrected chi connectivity index (χ3v) is 5.70. The summed E-state index contributed by atoms with van der Waals surface area (Å²) in [7, 11) is 0. The first-order chi connectivity index (χ1) is 15.5. The smallest absolute Gasteiger partial charge is 0.269 e. The predicted octanol–water partition coefficient (Wildman–Crippen LogP) is 5.66. The number of halogens is 1. The van der Waals surface area contributed by atoms with Crippen molar-refractivity contribution < 1.29 is 14.5 Å². The van der Waals surface area contributed by atoms with Crippen LogP contribution < -0.4 is 0 Å². The molecule has 3 aromatic carbocycles. The summed E-state index contributed by atoms with van der Waals surface area (Å²) in [6.45, 7) is 0.195. The van der Waals surface area contributed by atoms with Gasteiger partial charge < -0.3 is 4.90 Å². The van der Waals surface area contributed by atoms with E-state index in [-0.39, 0.29) is 30.3 Å². The molecule has 0 saturated heterocycles. The van der Waals surface area contributed by atoms with Crippen LogP contribution in [-0.4, -0.2) is 21.5 Å². The van der Waals surface area contributed by atoms with Gasteiger partial charge in [-0.1, -0.05) is 66.2 Å². The second-order valence-corrected chi connectivity index (χ2v) is 7.81. The van der Waals surface area contributed by atoms with Crippen LogP contribution in [0.1, 0.15) is 34.3 Å². The van der Waals surface area contributed by atoms with Gasteiger partial charge in [-0.3, -0.25) is 19.7 Å². The van der Waals surface area contributed by atoms with Crippen molar-refractivity contribution in [2.45, 2.75) is 19.4 Å². The molecule has 0 spiro atoms. The van der Waals surface area contributed by atoms with Crippen molar-refractivity contribution in [3.63, 3.8) is 0 Å². The molecule has 160 valence electrons. The number of nitrogens with zero attached hydrogens (tertiary/aromatic N) is 2. The third-order valence-electron chi connectivity index (χ3n) is 5.37. The van der Waals surface area contributed by atoms with Crippen molar-refractivity contribution in [2.75, 3.05) is 0 Å². The van der Waals surface area contributed by atoms with Crippen LogP contribution in [0.3, 0.4) is 0 Å². The lowest BCUT2D eigenvalue weighted by Gasteiger charge is -2.32. The number of benzene rings is 3. The Morgan fingerprint density at radius 2 is 1.59 bits per heavy atom. The van der Waals surface area contributed by atoms with Gasteiger partial charge in [0.2, 0.25) is 5.91 Å². The highest BCUT2D eigenvalue weighted by atomic mass is 35.5. The maximum atomic E-state index is 13.5. The van der Waals surface area contributed by atoms with Crippen molar-refractivity contribution in [3.8, 4) is 0 Å². The van der Waals surface area contributed by atoms with E-state index in [1.807, 2.05) is 30.3 Å². The molecular formula is C25H19ClN2O4. The van der Waals surface area contributed by atoms with E-state index in [0.29, 0.717) is 28.3 Å². The molecule has 0 radical (unpaired) electrons. The van der Waals surface area contributed by atoms with E-state index < -0.39 is 4.92 Å². The molecule has 0 N–H and O–H groups in total. The summed E-state index contributed by atoms with van der Waals surface area (Å²) in [6.07, 6.45) is 0.499. The number of nitro benzene ring substituents is 1. The SMILES string of the molecule is O=C(C1=C(c2ccccc2)N(Cc2ccc([N+](=O)[O-])cc2)C(=O)CC1)c1ccccc1Cl. The standard InChI is InChI=1S/C25H19ClN2O4/c26-22-9-5-4-8-20(22)25(30)21-14-15-23(29)27(24(21)18-6-2-1-3-7-18)16-17-10-12-19(13-11-17)28(31)32/h1-13H,14-16H2. The fourth-order valence-corrected chi connectivity index (χ4v) is 4.02. The Morgan fingerprint density at radius 1 is 0.938 bits per heavy atom. The Hall–Kier alpha value is -3.77. The van der Waals surface area contributed by atoms with Gasteiger partial charge in [0.05, 0.1) is 22.2 Å². The van der Waals surface area contributed by atoms with E-state index in [1.165, 1.54) is 12.1 Å². The number of ketones is 1. The number of rotatable bonds is 6. The summed E-state index contributed by atoms with van der Waals surface area (Å²) < 4.78 is 0. The normalized spacial score (nSPS) is 13.9. The second kappa shape index (κ2) is 9.16. The molecule has 1 amide bonds. The Balaban J connectivity index is 1.81. The minimum absolute atomic E-state index is 0.0212. The molecule has 1 aliphatic heterocycles. The molecule has 3 aromatic rings. The van der Waals surface area contributed by atoms with Gasteiger partial charge in [0.1, 0.15) is 0 Å². The van der Waals surface area contributed by atoms with E-state index in [4.69, 9.17) is 11.6 Å². The molecule has 1 heterocycles. The van der Waals surface area contributed by atoms with Gasteiger partial charge in [-0.15, -0.1) is 0 Å². The average Bonchev–Trinajstić information content (AvgIpc) is 2.81. The Bertz CT molecular complexity index is 1220. The summed E-state index contributed by atoms with van der Waals surface area (Å²) in [5, 5.41) is 11.3. The minimum Gasteiger partial charge on any atom is -0.307 e. The first kappa shape index (κ1) is 21.5. The van der Waals surface area contributed by atoms with Crippen LogP contribution in [0.25, 0.3) is 5.70 Å². The lowest BCUT2D eigenvalue weighted by Crippen LogP contribution is -2.34. The molecular weight excluding hydrogens is 428 g/mol. The second-order valence-electron chi connectivity index (χ2n) is 7.41. The quantitative estimate of drug-likeness (QED) is 0.278. The molecule has 0 saturated carbocycles. The zero-order valence-electron chi connectivity index (χ0n) is 17.0. The van der Waals surface area contributed by atoms with E-state index >= 15 is 0 Å². The highest BCUT2D eigenvalue weighted by Crippen LogP contribution is 2.35. The number of carbonyl (C=O) groups excluding carboxylic acids is 2. The maximum Gasteiger partial charge on any atom is 0.269 e. The van der Waals surface area contributed by atoms with Crippen LogP contribution in [0.4, 0.5) is 5.69 Å². The molecule has 7 heteroatoms. The Kier molecular flexibility index (Phi) is 6.14. The van der Waals surface area contributed by atoms with Gasteiger partial charge in [0.15, 0.2) is 5.78 Å². The number of carbonyl (C=O) groups is 2. The fraction of sp³-hybridized carbons (Fsp3) is 0.120. The van der Waals surface area contributed by atoms with Crippen molar-refractivity contribution in [1.82, 2.24) is 4.90 Å². The highest BCUT2D eigenvalue weighted by molar-refractivity contribution is 6.35. The lowest BCUT2D eigenvalue weighted by atomic mass is 9.90. The molecule has 4 rings (SSSR count). The number of Topliss-reactive ketones (excluding diaryl/α,β-unsaturated/α-hetero) is 1. The van der Waals surface area contributed by atoms with E-state index in [9.17, 15) is 19.7 Å². The van der Waals surface area contributed by atoms with E-state index in [0.717, 1.165) is 11.1 Å². The molecule has 1 aliphatic rings. The molecule has 0 fully saturated rings. The number of non-ortho nitro benzene ring substituents is 1. The van der Waals surface area contributed by atoms with Crippen molar-refractivity contribution in [2.24, 2.45) is 0 Å². The summed E-state index contributed by atoms with van der Waals surface area (Å²) in [5.41, 5.74) is 2.91. The topological polar surface area (TPSA) is 80.5 Å². The summed E-state index contributed by atoms with van der Waals surface area (Å²) in [4.78, 5) is 38.5. The first-order valence-electron chi connectivity index (χ1n) is 10.1. The van der Waals surface area contributed by atoms with Gasteiger partial charge in [-0.2, -0.15) is 0 Å². The summed E-state index contributed by atoms with van der Waals surface area (Å²) >= 11 is 6.29. The molecule has 0 aromatic heterocycles. The molecule has 0 atom stereocenters. The van der Waals surface area contributed by atoms with Crippen molar-refractivity contribution >= 4 is 34.7 Å². The highest BCUT2D eigenvalue weighted by Gasteiger charge is 2.32. The first-order valence-corrected chi connectivity index (χ1v) is 10.4. The zero-order chi connectivity index (χ0) is 22.7. The number of hydrogen-bond donors (Lipinski definition) is 0. The minimum atomic E-state index is -0.467. The molecule has 0 aliphatic carbocycles. The van der Waals surface area contributed by atoms with Crippen LogP contribution in [0.2, 0.25) is 5.02 Å². The van der Waals surface area contributed by atoms with Gasteiger partial charge in [0.25, 0.3) is 5.69 Å². The molecule has 0 unspecified atom stereocenters. The Morgan fingerprint density at radius 3 is 2.25 bits per heavy atom. The van der Waals surface area contributed by atoms with Gasteiger partial charge in [-0.05, 0) is 29.7 Å². The van der Waals surface area contributed by atoms with E-state index in [1.54, 1.807) is 41.3 Å². The number of amides is 1. The average molecular weight is 447 g/mol. The largest absolute Gasteiger partial charge is 0.307 e. The van der Waals surface area contributed by atoms with E-state index in [2.05, 4.69) is 0 Å². The monoisotopic (exact) mass is 446 g/mol. The molecule has 0 bridgehead atoms. The lowest BCUT2D eigenvalue weighted by molar-refractivity contribution is -0.384. The van der Waals surface area contributed by atoms with Gasteiger partial charge in [0, 0.05) is 29.7 Å². The van der Waals surface area contributed by atoms with Crippen LogP contribution in [0.15, 0.2) is 84.4 Å².